The first-order valence-electron chi connectivity index (χ1n) is 11.5. The molecule has 5 rings (SSSR count). The van der Waals surface area contributed by atoms with E-state index in [0.717, 1.165) is 28.3 Å². The Bertz CT molecular complexity index is 1490. The lowest BCUT2D eigenvalue weighted by molar-refractivity contribution is 0.0478. The van der Waals surface area contributed by atoms with E-state index in [1.807, 2.05) is 24.3 Å². The maximum atomic E-state index is 13.5. The predicted octanol–water partition coefficient (Wildman–Crippen LogP) is 3.96. The minimum absolute atomic E-state index is 0.306. The Labute approximate surface area is 197 Å². The Morgan fingerprint density at radius 1 is 0.971 bits per heavy atom. The van der Waals surface area contributed by atoms with Gasteiger partial charge in [-0.05, 0) is 46.9 Å². The van der Waals surface area contributed by atoms with Crippen LogP contribution in [0.4, 0.5) is 0 Å². The number of fused-ring (bicyclic) bond motifs is 3. The number of rotatable bonds is 4. The zero-order valence-electron chi connectivity index (χ0n) is 20.2. The molecule has 1 aliphatic rings. The standard InChI is InChI=1S/C27H29N3O4/c1-16(2)17-6-8-19(9-7-17)25-24-23-21(26(31)29(4)27(32)28(23)3)22(30(24)14-15-34-25)18-10-12-20(33-5)13-11-18/h6-13,16,25H,14-15H2,1-5H3/t25-/m0/s1. The Kier molecular flexibility index (Phi) is 5.44. The van der Waals surface area contributed by atoms with Gasteiger partial charge in [-0.1, -0.05) is 38.1 Å². The van der Waals surface area contributed by atoms with Crippen LogP contribution in [0, 0.1) is 0 Å². The molecular formula is C27H29N3O4. The molecule has 0 bridgehead atoms. The van der Waals surface area contributed by atoms with Crippen LogP contribution in [-0.4, -0.2) is 27.4 Å². The summed E-state index contributed by atoms with van der Waals surface area (Å²) in [6.07, 6.45) is -0.387. The summed E-state index contributed by atoms with van der Waals surface area (Å²) in [7, 11) is 4.87. The van der Waals surface area contributed by atoms with E-state index in [2.05, 4.69) is 42.7 Å². The minimum atomic E-state index is -0.387. The summed E-state index contributed by atoms with van der Waals surface area (Å²) in [5, 5.41) is 0.527. The molecule has 176 valence electrons. The van der Waals surface area contributed by atoms with Crippen LogP contribution in [0.5, 0.6) is 5.75 Å². The first-order valence-corrected chi connectivity index (χ1v) is 11.5. The van der Waals surface area contributed by atoms with Crippen LogP contribution in [0.15, 0.2) is 58.1 Å². The molecule has 0 amide bonds. The van der Waals surface area contributed by atoms with Gasteiger partial charge in [0.1, 0.15) is 11.9 Å². The van der Waals surface area contributed by atoms with Crippen molar-refractivity contribution in [2.45, 2.75) is 32.4 Å². The Morgan fingerprint density at radius 3 is 2.26 bits per heavy atom. The third-order valence-electron chi connectivity index (χ3n) is 6.82. The van der Waals surface area contributed by atoms with Gasteiger partial charge >= 0.3 is 5.69 Å². The molecule has 0 spiro atoms. The zero-order chi connectivity index (χ0) is 24.1. The van der Waals surface area contributed by atoms with Gasteiger partial charge in [-0.3, -0.25) is 13.9 Å². The van der Waals surface area contributed by atoms with Crippen molar-refractivity contribution in [2.24, 2.45) is 14.1 Å². The molecule has 2 aromatic carbocycles. The van der Waals surface area contributed by atoms with Gasteiger partial charge in [-0.15, -0.1) is 0 Å². The molecule has 0 N–H and O–H groups in total. The highest BCUT2D eigenvalue weighted by Gasteiger charge is 2.33. The summed E-state index contributed by atoms with van der Waals surface area (Å²) < 4.78 is 16.5. The van der Waals surface area contributed by atoms with E-state index < -0.39 is 0 Å². The smallest absolute Gasteiger partial charge is 0.331 e. The highest BCUT2D eigenvalue weighted by molar-refractivity contribution is 5.96. The number of hydrogen-bond acceptors (Lipinski definition) is 4. The molecule has 7 heteroatoms. The van der Waals surface area contributed by atoms with E-state index >= 15 is 0 Å². The number of methoxy groups -OCH3 is 1. The maximum absolute atomic E-state index is 13.5. The Morgan fingerprint density at radius 2 is 1.65 bits per heavy atom. The van der Waals surface area contributed by atoms with Crippen molar-refractivity contribution >= 4 is 10.9 Å². The molecule has 2 aromatic heterocycles. The van der Waals surface area contributed by atoms with Gasteiger partial charge in [0.25, 0.3) is 5.56 Å². The number of aromatic nitrogens is 3. The topological polar surface area (TPSA) is 67.4 Å². The molecule has 0 unspecified atom stereocenters. The summed E-state index contributed by atoms with van der Waals surface area (Å²) in [4.78, 5) is 26.4. The summed E-state index contributed by atoms with van der Waals surface area (Å²) in [5.74, 6) is 1.17. The SMILES string of the molecule is COc1ccc(-c2c3c(=O)n(C)c(=O)n(C)c3c3n2CCO[C@H]3c2ccc(C(C)C)cc2)cc1. The molecule has 34 heavy (non-hydrogen) atoms. The third-order valence-corrected chi connectivity index (χ3v) is 6.82. The highest BCUT2D eigenvalue weighted by atomic mass is 16.5. The van der Waals surface area contributed by atoms with Crippen molar-refractivity contribution in [2.75, 3.05) is 13.7 Å². The largest absolute Gasteiger partial charge is 0.497 e. The molecule has 0 aliphatic carbocycles. The van der Waals surface area contributed by atoms with E-state index in [0.29, 0.717) is 30.0 Å². The van der Waals surface area contributed by atoms with Gasteiger partial charge in [0.15, 0.2) is 0 Å². The van der Waals surface area contributed by atoms with Crippen molar-refractivity contribution in [3.8, 4) is 17.0 Å². The molecule has 4 aromatic rings. The number of hydrogen-bond donors (Lipinski definition) is 0. The van der Waals surface area contributed by atoms with Crippen molar-refractivity contribution in [1.29, 1.82) is 0 Å². The molecule has 0 fully saturated rings. The van der Waals surface area contributed by atoms with Crippen molar-refractivity contribution < 1.29 is 9.47 Å². The average Bonchev–Trinajstić information content (AvgIpc) is 3.22. The maximum Gasteiger partial charge on any atom is 0.331 e. The van der Waals surface area contributed by atoms with Crippen LogP contribution < -0.4 is 16.0 Å². The lowest BCUT2D eigenvalue weighted by atomic mass is 9.98. The van der Waals surface area contributed by atoms with E-state index in [4.69, 9.17) is 9.47 Å². The molecule has 7 nitrogen and oxygen atoms in total. The van der Waals surface area contributed by atoms with E-state index in [9.17, 15) is 9.59 Å². The summed E-state index contributed by atoms with van der Waals surface area (Å²) in [5.41, 5.74) is 4.74. The molecule has 0 radical (unpaired) electrons. The molecule has 1 aliphatic heterocycles. The van der Waals surface area contributed by atoms with Gasteiger partial charge < -0.3 is 14.0 Å². The van der Waals surface area contributed by atoms with E-state index in [1.54, 1.807) is 18.7 Å². The Hall–Kier alpha value is -3.58. The van der Waals surface area contributed by atoms with Gasteiger partial charge in [0, 0.05) is 20.6 Å². The second-order valence-corrected chi connectivity index (χ2v) is 9.12. The van der Waals surface area contributed by atoms with Gasteiger partial charge in [0.2, 0.25) is 0 Å². The van der Waals surface area contributed by atoms with Crippen LogP contribution in [0.2, 0.25) is 0 Å². The fourth-order valence-electron chi connectivity index (χ4n) is 4.94. The van der Waals surface area contributed by atoms with Crippen LogP contribution >= 0.6 is 0 Å². The highest BCUT2D eigenvalue weighted by Crippen LogP contribution is 2.41. The lowest BCUT2D eigenvalue weighted by Gasteiger charge is -2.28. The Balaban J connectivity index is 1.84. The van der Waals surface area contributed by atoms with Gasteiger partial charge in [-0.25, -0.2) is 4.79 Å². The van der Waals surface area contributed by atoms with Crippen LogP contribution in [0.3, 0.4) is 0 Å². The molecular weight excluding hydrogens is 430 g/mol. The number of aryl methyl sites for hydroxylation is 1. The lowest BCUT2D eigenvalue weighted by Crippen LogP contribution is -2.37. The van der Waals surface area contributed by atoms with Crippen molar-refractivity contribution in [1.82, 2.24) is 13.7 Å². The van der Waals surface area contributed by atoms with E-state index in [-0.39, 0.29) is 17.4 Å². The van der Waals surface area contributed by atoms with Crippen LogP contribution in [-0.2, 0) is 25.4 Å². The number of benzene rings is 2. The van der Waals surface area contributed by atoms with E-state index in [1.165, 1.54) is 17.2 Å². The summed E-state index contributed by atoms with van der Waals surface area (Å²) >= 11 is 0. The van der Waals surface area contributed by atoms with Gasteiger partial charge in [0.05, 0.1) is 36.0 Å². The average molecular weight is 460 g/mol. The van der Waals surface area contributed by atoms with Crippen molar-refractivity contribution in [3.05, 3.63) is 86.2 Å². The zero-order valence-corrected chi connectivity index (χ0v) is 20.2. The third kappa shape index (κ3) is 3.30. The summed E-state index contributed by atoms with van der Waals surface area (Å²) in [6, 6.07) is 16.1. The first-order chi connectivity index (χ1) is 16.3. The quantitative estimate of drug-likeness (QED) is 0.463. The second kappa shape index (κ2) is 8.33. The van der Waals surface area contributed by atoms with Gasteiger partial charge in [-0.2, -0.15) is 0 Å². The van der Waals surface area contributed by atoms with Crippen LogP contribution in [0.1, 0.15) is 42.7 Å². The fraction of sp³-hybridized carbons (Fsp3) is 0.333. The molecule has 1 atom stereocenters. The molecule has 0 saturated carbocycles. The summed E-state index contributed by atoms with van der Waals surface area (Å²) in [6.45, 7) is 5.42. The first kappa shape index (κ1) is 22.2. The molecule has 0 saturated heterocycles. The number of ether oxygens (including phenoxy) is 2. The second-order valence-electron chi connectivity index (χ2n) is 9.12. The van der Waals surface area contributed by atoms with Crippen LogP contribution in [0.25, 0.3) is 22.2 Å². The minimum Gasteiger partial charge on any atom is -0.497 e. The monoisotopic (exact) mass is 459 g/mol. The van der Waals surface area contributed by atoms with Crippen molar-refractivity contribution in [3.63, 3.8) is 0 Å². The normalized spacial score (nSPS) is 15.6. The molecule has 3 heterocycles. The fourth-order valence-corrected chi connectivity index (χ4v) is 4.94. The predicted molar refractivity (Wildman–Crippen MR) is 133 cm³/mol. The number of nitrogens with zero attached hydrogens (tertiary/aromatic N) is 3.